The second-order valence-electron chi connectivity index (χ2n) is 2.20. The van der Waals surface area contributed by atoms with Crippen LogP contribution in [0.3, 0.4) is 0 Å². The number of hydrogen-bond donors (Lipinski definition) is 0. The third-order valence-corrected chi connectivity index (χ3v) is 1.36. The van der Waals surface area contributed by atoms with Gasteiger partial charge in [-0.15, -0.1) is 17.7 Å². The van der Waals surface area contributed by atoms with E-state index in [9.17, 15) is 13.2 Å². The maximum absolute atomic E-state index is 12.0. The molecule has 0 fully saturated rings. The molecule has 4 heteroatoms. The van der Waals surface area contributed by atoms with Crippen LogP contribution in [0.2, 0.25) is 0 Å². The smallest absolute Gasteiger partial charge is 0.366 e. The van der Waals surface area contributed by atoms with Crippen LogP contribution < -0.4 is 18.9 Å². The molecule has 0 N–H and O–H groups in total. The Bertz CT molecular complexity index is 305. The van der Waals surface area contributed by atoms with Gasteiger partial charge in [0.05, 0.1) is 5.56 Å². The summed E-state index contributed by atoms with van der Waals surface area (Å²) in [5, 5.41) is 0. The maximum atomic E-state index is 12.0. The Morgan fingerprint density at radius 1 is 1.08 bits per heavy atom. The molecule has 0 aliphatic carbocycles. The van der Waals surface area contributed by atoms with E-state index in [1.165, 1.54) is 12.1 Å². The Morgan fingerprint density at radius 3 is 1.85 bits per heavy atom. The van der Waals surface area contributed by atoms with Crippen molar-refractivity contribution in [3.63, 3.8) is 0 Å². The van der Waals surface area contributed by atoms with Crippen LogP contribution in [0.25, 0.3) is 0 Å². The van der Waals surface area contributed by atoms with E-state index < -0.39 is 11.7 Å². The van der Waals surface area contributed by atoms with E-state index in [1.807, 2.05) is 5.92 Å². The molecule has 0 amide bonds. The summed E-state index contributed by atoms with van der Waals surface area (Å²) in [6.45, 7) is 0. The molecule has 13 heavy (non-hydrogen) atoms. The van der Waals surface area contributed by atoms with Gasteiger partial charge in [0.25, 0.3) is 0 Å². The van der Waals surface area contributed by atoms with Gasteiger partial charge in [-0.05, 0) is 0 Å². The quantitative estimate of drug-likeness (QED) is 0.288. The largest absolute Gasteiger partial charge is 1.00 e. The van der Waals surface area contributed by atoms with Crippen LogP contribution in [-0.4, -0.2) is 0 Å². The minimum absolute atomic E-state index is 0. The van der Waals surface area contributed by atoms with Crippen LogP contribution in [0.5, 0.6) is 0 Å². The molecule has 0 radical (unpaired) electrons. The van der Waals surface area contributed by atoms with Crippen LogP contribution in [0.1, 0.15) is 11.1 Å². The summed E-state index contributed by atoms with van der Waals surface area (Å²) in [6, 6.07) is 4.26. The van der Waals surface area contributed by atoms with Crippen LogP contribution in [0.15, 0.2) is 24.3 Å². The van der Waals surface area contributed by atoms with E-state index in [4.69, 9.17) is 6.42 Å². The molecule has 0 atom stereocenters. The minimum atomic E-state index is -4.31. The Labute approximate surface area is 86.3 Å². The van der Waals surface area contributed by atoms with E-state index in [0.29, 0.717) is 5.56 Å². The molecule has 0 aliphatic heterocycles. The van der Waals surface area contributed by atoms with Gasteiger partial charge >= 0.3 is 25.0 Å². The molecule has 0 saturated heterocycles. The number of halogens is 3. The van der Waals surface area contributed by atoms with Gasteiger partial charge in [-0.3, -0.25) is 5.92 Å². The Balaban J connectivity index is 0.00000144. The van der Waals surface area contributed by atoms with Gasteiger partial charge in [0, 0.05) is 0 Å². The standard InChI is InChI=1S/C9H4F3.Li/c1-2-7-3-5-8(6-4-7)9(10,11)12;/h3-6H;/q-1;+1. The Morgan fingerprint density at radius 2 is 1.54 bits per heavy atom. The van der Waals surface area contributed by atoms with Gasteiger partial charge in [-0.25, -0.2) is 0 Å². The summed E-state index contributed by atoms with van der Waals surface area (Å²) in [6.07, 6.45) is 2.33. The van der Waals surface area contributed by atoms with Crippen molar-refractivity contribution in [2.75, 3.05) is 0 Å². The van der Waals surface area contributed by atoms with Crippen LogP contribution >= 0.6 is 0 Å². The zero-order valence-electron chi connectivity index (χ0n) is 6.94. The van der Waals surface area contributed by atoms with Gasteiger partial charge in [-0.2, -0.15) is 13.2 Å². The van der Waals surface area contributed by atoms with Crippen LogP contribution in [0.4, 0.5) is 13.2 Å². The summed E-state index contributed by atoms with van der Waals surface area (Å²) in [5.74, 6) is 1.99. The van der Waals surface area contributed by atoms with Gasteiger partial charge in [0.1, 0.15) is 0 Å². The molecule has 62 valence electrons. The fourth-order valence-electron chi connectivity index (χ4n) is 0.743. The summed E-state index contributed by atoms with van der Waals surface area (Å²) in [5.41, 5.74) is -0.371. The minimum Gasteiger partial charge on any atom is -0.366 e. The monoisotopic (exact) mass is 176 g/mol. The van der Waals surface area contributed by atoms with Gasteiger partial charge in [-0.1, -0.05) is 12.1 Å². The Hall–Kier alpha value is -0.833. The molecular formula is C9H4F3Li. The molecular weight excluding hydrogens is 172 g/mol. The first-order valence-corrected chi connectivity index (χ1v) is 3.14. The first-order valence-electron chi connectivity index (χ1n) is 3.14. The summed E-state index contributed by atoms with van der Waals surface area (Å²) in [7, 11) is 0. The Kier molecular flexibility index (Phi) is 4.13. The maximum Gasteiger partial charge on any atom is 1.00 e. The van der Waals surface area contributed by atoms with Crippen molar-refractivity contribution in [1.29, 1.82) is 0 Å². The van der Waals surface area contributed by atoms with Crippen molar-refractivity contribution in [3.05, 3.63) is 41.8 Å². The number of rotatable bonds is 0. The molecule has 1 rings (SSSR count). The molecule has 0 nitrogen and oxygen atoms in total. The second-order valence-corrected chi connectivity index (χ2v) is 2.20. The normalized spacial score (nSPS) is 10.0. The summed E-state index contributed by atoms with van der Waals surface area (Å²) >= 11 is 0. The number of hydrogen-bond acceptors (Lipinski definition) is 0. The molecule has 0 heterocycles. The van der Waals surface area contributed by atoms with Gasteiger partial charge in [0.2, 0.25) is 0 Å². The molecule has 0 aliphatic rings. The van der Waals surface area contributed by atoms with Crippen molar-refractivity contribution < 1.29 is 32.0 Å². The van der Waals surface area contributed by atoms with E-state index in [1.54, 1.807) is 0 Å². The van der Waals surface area contributed by atoms with Crippen LogP contribution in [0, 0.1) is 12.3 Å². The predicted molar refractivity (Wildman–Crippen MR) is 37.7 cm³/mol. The van der Waals surface area contributed by atoms with Crippen molar-refractivity contribution in [2.24, 2.45) is 0 Å². The first-order chi connectivity index (χ1) is 5.54. The van der Waals surface area contributed by atoms with Gasteiger partial charge < -0.3 is 6.42 Å². The van der Waals surface area contributed by atoms with Crippen LogP contribution in [-0.2, 0) is 6.18 Å². The average molecular weight is 176 g/mol. The molecule has 1 aromatic rings. The van der Waals surface area contributed by atoms with E-state index in [-0.39, 0.29) is 18.9 Å². The second kappa shape index (κ2) is 4.42. The fraction of sp³-hybridized carbons (Fsp3) is 0.111. The van der Waals surface area contributed by atoms with E-state index >= 15 is 0 Å². The number of alkyl halides is 3. The molecule has 0 spiro atoms. The summed E-state index contributed by atoms with van der Waals surface area (Å²) < 4.78 is 35.9. The zero-order valence-corrected chi connectivity index (χ0v) is 6.94. The molecule has 0 aromatic heterocycles. The molecule has 0 bridgehead atoms. The molecule has 1 aromatic carbocycles. The summed E-state index contributed by atoms with van der Waals surface area (Å²) in [4.78, 5) is 0. The average Bonchev–Trinajstić information content (AvgIpc) is 2.03. The van der Waals surface area contributed by atoms with Crippen molar-refractivity contribution >= 4 is 0 Å². The van der Waals surface area contributed by atoms with Crippen molar-refractivity contribution in [2.45, 2.75) is 6.18 Å². The predicted octanol–water partition coefficient (Wildman–Crippen LogP) is -0.353. The van der Waals surface area contributed by atoms with Gasteiger partial charge in [0.15, 0.2) is 0 Å². The zero-order chi connectivity index (χ0) is 9.19. The van der Waals surface area contributed by atoms with Crippen molar-refractivity contribution in [3.8, 4) is 5.92 Å². The SMILES string of the molecule is [C-]#Cc1ccc(C(F)(F)F)cc1.[Li+]. The number of benzene rings is 1. The first kappa shape index (κ1) is 12.2. The topological polar surface area (TPSA) is 0 Å². The van der Waals surface area contributed by atoms with E-state index in [0.717, 1.165) is 12.1 Å². The molecule has 0 unspecified atom stereocenters. The van der Waals surface area contributed by atoms with E-state index in [2.05, 4.69) is 0 Å². The third kappa shape index (κ3) is 3.18. The third-order valence-electron chi connectivity index (χ3n) is 1.36. The molecule has 0 saturated carbocycles. The fourth-order valence-corrected chi connectivity index (χ4v) is 0.743. The van der Waals surface area contributed by atoms with Crippen molar-refractivity contribution in [1.82, 2.24) is 0 Å².